The van der Waals surface area contributed by atoms with Crippen LogP contribution in [0.15, 0.2) is 4.52 Å². The first-order valence-electron chi connectivity index (χ1n) is 6.28. The molecule has 2 atom stereocenters. The third-order valence-electron chi connectivity index (χ3n) is 3.68. The van der Waals surface area contributed by atoms with Gasteiger partial charge in [-0.3, -0.25) is 4.79 Å². The van der Waals surface area contributed by atoms with Crippen molar-refractivity contribution in [3.63, 3.8) is 0 Å². The van der Waals surface area contributed by atoms with E-state index in [1.54, 1.807) is 6.92 Å². The predicted molar refractivity (Wildman–Crippen MR) is 64.9 cm³/mol. The van der Waals surface area contributed by atoms with Crippen molar-refractivity contribution >= 4 is 5.91 Å². The number of carbonyl (C=O) groups excluding carboxylic acids is 1. The van der Waals surface area contributed by atoms with Crippen LogP contribution in [0, 0.1) is 13.8 Å². The molecule has 0 N–H and O–H groups in total. The molecule has 0 saturated carbocycles. The average Bonchev–Trinajstić information content (AvgIpc) is 2.58. The van der Waals surface area contributed by atoms with Gasteiger partial charge in [-0.2, -0.15) is 0 Å². The molecule has 2 rings (SSSR count). The summed E-state index contributed by atoms with van der Waals surface area (Å²) in [5.41, 5.74) is 1.34. The van der Waals surface area contributed by atoms with Crippen molar-refractivity contribution in [2.45, 2.75) is 59.0 Å². The lowest BCUT2D eigenvalue weighted by atomic mass is 9.96. The minimum Gasteiger partial charge on any atom is -0.361 e. The summed E-state index contributed by atoms with van der Waals surface area (Å²) in [6.45, 7) is 7.85. The summed E-state index contributed by atoms with van der Waals surface area (Å²) in [6.07, 6.45) is 3.37. The van der Waals surface area contributed by atoms with Gasteiger partial charge in [0.15, 0.2) is 0 Å². The van der Waals surface area contributed by atoms with Crippen LogP contribution in [0.2, 0.25) is 0 Å². The largest absolute Gasteiger partial charge is 0.361 e. The molecule has 0 spiro atoms. The van der Waals surface area contributed by atoms with Crippen molar-refractivity contribution < 1.29 is 9.32 Å². The van der Waals surface area contributed by atoms with E-state index >= 15 is 0 Å². The number of likely N-dealkylation sites (tertiary alicyclic amines) is 1. The van der Waals surface area contributed by atoms with E-state index in [-0.39, 0.29) is 5.91 Å². The van der Waals surface area contributed by atoms with Crippen molar-refractivity contribution in [1.29, 1.82) is 0 Å². The second kappa shape index (κ2) is 4.51. The van der Waals surface area contributed by atoms with Crippen molar-refractivity contribution in [2.24, 2.45) is 0 Å². The second-order valence-corrected chi connectivity index (χ2v) is 5.04. The Kier molecular flexibility index (Phi) is 3.22. The standard InChI is InChI=1S/C13H20N2O2/c1-8-6-5-7-9(2)15(8)13(16)12-10(3)14-17-11(12)4/h8-9H,5-7H2,1-4H3. The van der Waals surface area contributed by atoms with E-state index < -0.39 is 0 Å². The first kappa shape index (κ1) is 12.1. The summed E-state index contributed by atoms with van der Waals surface area (Å²) in [7, 11) is 0. The molecule has 0 radical (unpaired) electrons. The number of piperidine rings is 1. The van der Waals surface area contributed by atoms with Crippen LogP contribution >= 0.6 is 0 Å². The van der Waals surface area contributed by atoms with Gasteiger partial charge in [-0.05, 0) is 47.0 Å². The minimum atomic E-state index is 0.0703. The molecule has 1 aliphatic heterocycles. The first-order chi connectivity index (χ1) is 8.02. The van der Waals surface area contributed by atoms with Crippen LogP contribution in [-0.2, 0) is 0 Å². The average molecular weight is 236 g/mol. The normalized spacial score (nSPS) is 25.1. The first-order valence-corrected chi connectivity index (χ1v) is 6.28. The zero-order chi connectivity index (χ0) is 12.6. The fraction of sp³-hybridized carbons (Fsp3) is 0.692. The number of aromatic nitrogens is 1. The minimum absolute atomic E-state index is 0.0703. The van der Waals surface area contributed by atoms with E-state index in [1.807, 2.05) is 11.8 Å². The number of amides is 1. The Bertz CT molecular complexity index is 396. The molecule has 94 valence electrons. The highest BCUT2D eigenvalue weighted by atomic mass is 16.5. The third-order valence-corrected chi connectivity index (χ3v) is 3.68. The highest BCUT2D eigenvalue weighted by molar-refractivity contribution is 5.96. The van der Waals surface area contributed by atoms with Crippen LogP contribution in [0.5, 0.6) is 0 Å². The molecule has 0 bridgehead atoms. The van der Waals surface area contributed by atoms with Crippen molar-refractivity contribution in [2.75, 3.05) is 0 Å². The van der Waals surface area contributed by atoms with Gasteiger partial charge in [-0.25, -0.2) is 0 Å². The molecular formula is C13H20N2O2. The lowest BCUT2D eigenvalue weighted by Crippen LogP contribution is -2.47. The molecule has 1 aromatic heterocycles. The highest BCUT2D eigenvalue weighted by Gasteiger charge is 2.32. The summed E-state index contributed by atoms with van der Waals surface area (Å²) in [5, 5.41) is 3.86. The molecule has 0 aliphatic carbocycles. The monoisotopic (exact) mass is 236 g/mol. The van der Waals surface area contributed by atoms with E-state index in [2.05, 4.69) is 19.0 Å². The molecule has 1 saturated heterocycles. The van der Waals surface area contributed by atoms with Crippen LogP contribution in [0.3, 0.4) is 0 Å². The number of hydrogen-bond donors (Lipinski definition) is 0. The van der Waals surface area contributed by atoms with E-state index in [0.717, 1.165) is 12.8 Å². The Morgan fingerprint density at radius 2 is 1.88 bits per heavy atom. The smallest absolute Gasteiger partial charge is 0.259 e. The SMILES string of the molecule is Cc1noc(C)c1C(=O)N1C(C)CCCC1C. The Morgan fingerprint density at radius 3 is 2.35 bits per heavy atom. The van der Waals surface area contributed by atoms with Crippen LogP contribution < -0.4 is 0 Å². The maximum atomic E-state index is 12.5. The van der Waals surface area contributed by atoms with Crippen LogP contribution in [0.4, 0.5) is 0 Å². The van der Waals surface area contributed by atoms with Crippen LogP contribution in [0.1, 0.15) is 54.9 Å². The van der Waals surface area contributed by atoms with Gasteiger partial charge in [0, 0.05) is 12.1 Å². The topological polar surface area (TPSA) is 46.3 Å². The zero-order valence-electron chi connectivity index (χ0n) is 11.0. The number of rotatable bonds is 1. The summed E-state index contributed by atoms with van der Waals surface area (Å²) >= 11 is 0. The number of nitrogens with zero attached hydrogens (tertiary/aromatic N) is 2. The fourth-order valence-electron chi connectivity index (χ4n) is 2.74. The summed E-state index contributed by atoms with van der Waals surface area (Å²) < 4.78 is 5.08. The molecular weight excluding hydrogens is 216 g/mol. The quantitative estimate of drug-likeness (QED) is 0.753. The molecule has 2 heterocycles. The van der Waals surface area contributed by atoms with E-state index in [0.29, 0.717) is 29.1 Å². The molecule has 1 fully saturated rings. The maximum Gasteiger partial charge on any atom is 0.259 e. The molecule has 2 unspecified atom stereocenters. The van der Waals surface area contributed by atoms with Gasteiger partial charge in [0.25, 0.3) is 5.91 Å². The maximum absolute atomic E-state index is 12.5. The fourth-order valence-corrected chi connectivity index (χ4v) is 2.74. The van der Waals surface area contributed by atoms with Gasteiger partial charge in [0.2, 0.25) is 0 Å². The van der Waals surface area contributed by atoms with Gasteiger partial charge in [-0.15, -0.1) is 0 Å². The Balaban J connectivity index is 2.30. The predicted octanol–water partition coefficient (Wildman–Crippen LogP) is 2.69. The molecule has 17 heavy (non-hydrogen) atoms. The highest BCUT2D eigenvalue weighted by Crippen LogP contribution is 2.26. The van der Waals surface area contributed by atoms with E-state index in [1.165, 1.54) is 6.42 Å². The van der Waals surface area contributed by atoms with Gasteiger partial charge in [0.05, 0.1) is 5.69 Å². The zero-order valence-corrected chi connectivity index (χ0v) is 11.0. The number of aryl methyl sites for hydroxylation is 2. The van der Waals surface area contributed by atoms with Crippen LogP contribution in [-0.4, -0.2) is 28.0 Å². The second-order valence-electron chi connectivity index (χ2n) is 5.04. The molecule has 1 amide bonds. The molecule has 1 aliphatic rings. The summed E-state index contributed by atoms with van der Waals surface area (Å²) in [6, 6.07) is 0.611. The molecule has 0 aromatic carbocycles. The Labute approximate surface area is 102 Å². The summed E-state index contributed by atoms with van der Waals surface area (Å²) in [5.74, 6) is 0.693. The van der Waals surface area contributed by atoms with Crippen molar-refractivity contribution in [3.05, 3.63) is 17.0 Å². The van der Waals surface area contributed by atoms with E-state index in [9.17, 15) is 4.79 Å². The Morgan fingerprint density at radius 1 is 1.29 bits per heavy atom. The van der Waals surface area contributed by atoms with Gasteiger partial charge in [-0.1, -0.05) is 5.16 Å². The number of hydrogen-bond acceptors (Lipinski definition) is 3. The molecule has 4 nitrogen and oxygen atoms in total. The molecule has 1 aromatic rings. The van der Waals surface area contributed by atoms with Gasteiger partial charge in [0.1, 0.15) is 11.3 Å². The van der Waals surface area contributed by atoms with Gasteiger partial charge < -0.3 is 9.42 Å². The number of carbonyl (C=O) groups is 1. The Hall–Kier alpha value is -1.32. The van der Waals surface area contributed by atoms with Gasteiger partial charge >= 0.3 is 0 Å². The van der Waals surface area contributed by atoms with Crippen LogP contribution in [0.25, 0.3) is 0 Å². The van der Waals surface area contributed by atoms with Crippen molar-refractivity contribution in [1.82, 2.24) is 10.1 Å². The lowest BCUT2D eigenvalue weighted by Gasteiger charge is -2.39. The summed E-state index contributed by atoms with van der Waals surface area (Å²) in [4.78, 5) is 14.5. The molecule has 4 heteroatoms. The van der Waals surface area contributed by atoms with Crippen molar-refractivity contribution in [3.8, 4) is 0 Å². The lowest BCUT2D eigenvalue weighted by molar-refractivity contribution is 0.0508. The third kappa shape index (κ3) is 2.08. The van der Waals surface area contributed by atoms with E-state index in [4.69, 9.17) is 4.52 Å².